The number of carboxylic acid groups (broad SMARTS) is 1. The van der Waals surface area contributed by atoms with Crippen LogP contribution in [0.25, 0.3) is 6.08 Å². The zero-order valence-corrected chi connectivity index (χ0v) is 15.3. The van der Waals surface area contributed by atoms with Gasteiger partial charge in [-0.3, -0.25) is 4.79 Å². The third kappa shape index (κ3) is 4.86. The van der Waals surface area contributed by atoms with Crippen molar-refractivity contribution >= 4 is 18.0 Å². The van der Waals surface area contributed by atoms with E-state index < -0.39 is 11.9 Å². The minimum atomic E-state index is -1.22. The fourth-order valence-electron chi connectivity index (χ4n) is 2.53. The highest BCUT2D eigenvalue weighted by Crippen LogP contribution is 2.25. The van der Waals surface area contributed by atoms with E-state index in [0.29, 0.717) is 16.9 Å². The number of para-hydroxylation sites is 1. The number of benzene rings is 3. The zero-order valence-electron chi connectivity index (χ0n) is 15.3. The molecule has 0 aliphatic rings. The topological polar surface area (TPSA) is 75.6 Å². The van der Waals surface area contributed by atoms with Crippen molar-refractivity contribution in [3.63, 3.8) is 0 Å². The van der Waals surface area contributed by atoms with Crippen LogP contribution >= 0.6 is 0 Å². The summed E-state index contributed by atoms with van der Waals surface area (Å²) in [6.07, 6.45) is 1.40. The molecule has 0 heterocycles. The molecular formula is C23H19NO4. The number of ether oxygens (including phenoxy) is 1. The third-order valence-electron chi connectivity index (χ3n) is 4.03. The van der Waals surface area contributed by atoms with Gasteiger partial charge >= 0.3 is 5.97 Å². The minimum Gasteiger partial charge on any atom is -0.477 e. The molecule has 5 heteroatoms. The van der Waals surface area contributed by atoms with E-state index in [-0.39, 0.29) is 5.70 Å². The van der Waals surface area contributed by atoms with Crippen molar-refractivity contribution in [1.29, 1.82) is 0 Å². The highest BCUT2D eigenvalue weighted by molar-refractivity contribution is 6.02. The Labute approximate surface area is 162 Å². The van der Waals surface area contributed by atoms with Crippen molar-refractivity contribution in [2.75, 3.05) is 0 Å². The van der Waals surface area contributed by atoms with Crippen LogP contribution < -0.4 is 10.1 Å². The van der Waals surface area contributed by atoms with E-state index in [2.05, 4.69) is 5.32 Å². The summed E-state index contributed by atoms with van der Waals surface area (Å²) in [5.41, 5.74) is 1.82. The number of rotatable bonds is 6. The molecule has 1 amide bonds. The van der Waals surface area contributed by atoms with Gasteiger partial charge in [-0.15, -0.1) is 0 Å². The standard InChI is InChI=1S/C23H19NO4/c1-16-7-5-6-10-21(16)28-19-13-11-17(12-14-19)15-20(23(26)27)24-22(25)18-8-3-2-4-9-18/h2-15H,1H3,(H,24,25)(H,26,27). The molecule has 0 bridgehead atoms. The molecule has 0 saturated heterocycles. The smallest absolute Gasteiger partial charge is 0.352 e. The van der Waals surface area contributed by atoms with Gasteiger partial charge in [-0.05, 0) is 54.5 Å². The van der Waals surface area contributed by atoms with Crippen molar-refractivity contribution in [2.45, 2.75) is 6.92 Å². The van der Waals surface area contributed by atoms with Crippen LogP contribution in [0.3, 0.4) is 0 Å². The van der Waals surface area contributed by atoms with E-state index >= 15 is 0 Å². The Bertz CT molecular complexity index is 1010. The van der Waals surface area contributed by atoms with Crippen LogP contribution in [-0.4, -0.2) is 17.0 Å². The van der Waals surface area contributed by atoms with Gasteiger partial charge in [0.2, 0.25) is 0 Å². The van der Waals surface area contributed by atoms with Crippen molar-refractivity contribution in [2.24, 2.45) is 0 Å². The lowest BCUT2D eigenvalue weighted by molar-refractivity contribution is -0.132. The Balaban J connectivity index is 1.75. The summed E-state index contributed by atoms with van der Waals surface area (Å²) in [5.74, 6) is -0.304. The van der Waals surface area contributed by atoms with Gasteiger partial charge < -0.3 is 15.2 Å². The van der Waals surface area contributed by atoms with E-state index in [1.807, 2.05) is 31.2 Å². The Morgan fingerprint density at radius 3 is 2.18 bits per heavy atom. The number of aryl methyl sites for hydroxylation is 1. The van der Waals surface area contributed by atoms with Gasteiger partial charge in [0.25, 0.3) is 5.91 Å². The molecule has 0 atom stereocenters. The van der Waals surface area contributed by atoms with Crippen LogP contribution in [0.1, 0.15) is 21.5 Å². The lowest BCUT2D eigenvalue weighted by atomic mass is 10.1. The second kappa shape index (κ2) is 8.68. The Hall–Kier alpha value is -3.86. The second-order valence-corrected chi connectivity index (χ2v) is 6.12. The number of carbonyl (C=O) groups excluding carboxylic acids is 1. The normalized spacial score (nSPS) is 11.0. The molecule has 0 aliphatic heterocycles. The molecule has 140 valence electrons. The Morgan fingerprint density at radius 1 is 0.893 bits per heavy atom. The van der Waals surface area contributed by atoms with Crippen LogP contribution in [0.2, 0.25) is 0 Å². The molecule has 2 N–H and O–H groups in total. The molecule has 0 spiro atoms. The molecule has 0 aromatic heterocycles. The quantitative estimate of drug-likeness (QED) is 0.617. The van der Waals surface area contributed by atoms with Gasteiger partial charge in [-0.1, -0.05) is 48.5 Å². The van der Waals surface area contributed by atoms with Gasteiger partial charge in [-0.2, -0.15) is 0 Å². The molecule has 3 aromatic carbocycles. The maximum Gasteiger partial charge on any atom is 0.352 e. The molecule has 3 rings (SSSR count). The van der Waals surface area contributed by atoms with Crippen molar-refractivity contribution in [3.05, 3.63) is 101 Å². The summed E-state index contributed by atoms with van der Waals surface area (Å²) in [4.78, 5) is 23.7. The molecule has 0 unspecified atom stereocenters. The highest BCUT2D eigenvalue weighted by Gasteiger charge is 2.13. The molecular weight excluding hydrogens is 354 g/mol. The van der Waals surface area contributed by atoms with E-state index in [9.17, 15) is 14.7 Å². The first-order valence-corrected chi connectivity index (χ1v) is 8.68. The fourth-order valence-corrected chi connectivity index (χ4v) is 2.53. The molecule has 0 saturated carbocycles. The summed E-state index contributed by atoms with van der Waals surface area (Å²) in [6.45, 7) is 1.96. The summed E-state index contributed by atoms with van der Waals surface area (Å²) in [7, 11) is 0. The van der Waals surface area contributed by atoms with Crippen LogP contribution in [-0.2, 0) is 4.79 Å². The monoisotopic (exact) mass is 373 g/mol. The molecule has 5 nitrogen and oxygen atoms in total. The zero-order chi connectivity index (χ0) is 19.9. The Morgan fingerprint density at radius 2 is 1.54 bits per heavy atom. The van der Waals surface area contributed by atoms with Gasteiger partial charge in [0.05, 0.1) is 0 Å². The largest absolute Gasteiger partial charge is 0.477 e. The fraction of sp³-hybridized carbons (Fsp3) is 0.0435. The first-order chi connectivity index (χ1) is 13.5. The van der Waals surface area contributed by atoms with Gasteiger partial charge in [0, 0.05) is 5.56 Å². The molecule has 28 heavy (non-hydrogen) atoms. The van der Waals surface area contributed by atoms with Gasteiger partial charge in [0.1, 0.15) is 17.2 Å². The molecule has 3 aromatic rings. The van der Waals surface area contributed by atoms with E-state index in [1.54, 1.807) is 54.6 Å². The average Bonchev–Trinajstić information content (AvgIpc) is 2.71. The Kier molecular flexibility index (Phi) is 5.87. The van der Waals surface area contributed by atoms with Crippen molar-refractivity contribution < 1.29 is 19.4 Å². The number of nitrogens with one attached hydrogen (secondary N) is 1. The van der Waals surface area contributed by atoms with Crippen LogP contribution in [0.4, 0.5) is 0 Å². The summed E-state index contributed by atoms with van der Waals surface area (Å²) >= 11 is 0. The van der Waals surface area contributed by atoms with Crippen molar-refractivity contribution in [3.8, 4) is 11.5 Å². The van der Waals surface area contributed by atoms with E-state index in [0.717, 1.165) is 11.3 Å². The predicted molar refractivity (Wildman–Crippen MR) is 107 cm³/mol. The van der Waals surface area contributed by atoms with E-state index in [1.165, 1.54) is 6.08 Å². The SMILES string of the molecule is Cc1ccccc1Oc1ccc(C=C(NC(=O)c2ccccc2)C(=O)O)cc1. The van der Waals surface area contributed by atoms with Crippen LogP contribution in [0.5, 0.6) is 11.5 Å². The second-order valence-electron chi connectivity index (χ2n) is 6.12. The molecule has 0 fully saturated rings. The maximum atomic E-state index is 12.2. The first-order valence-electron chi connectivity index (χ1n) is 8.68. The summed E-state index contributed by atoms with van der Waals surface area (Å²) in [5, 5.41) is 11.8. The predicted octanol–water partition coefficient (Wildman–Crippen LogP) is 4.64. The summed E-state index contributed by atoms with van der Waals surface area (Å²) < 4.78 is 5.83. The molecule has 0 radical (unpaired) electrons. The highest BCUT2D eigenvalue weighted by atomic mass is 16.5. The number of hydrogen-bond donors (Lipinski definition) is 2. The van der Waals surface area contributed by atoms with Gasteiger partial charge in [0.15, 0.2) is 0 Å². The number of aliphatic carboxylic acids is 1. The van der Waals surface area contributed by atoms with Crippen LogP contribution in [0.15, 0.2) is 84.6 Å². The number of amides is 1. The lowest BCUT2D eigenvalue weighted by Gasteiger charge is -2.09. The molecule has 0 aliphatic carbocycles. The number of hydrogen-bond acceptors (Lipinski definition) is 3. The summed E-state index contributed by atoms with van der Waals surface area (Å²) in [6, 6.07) is 23.1. The minimum absolute atomic E-state index is 0.207. The first kappa shape index (κ1) is 18.9. The average molecular weight is 373 g/mol. The van der Waals surface area contributed by atoms with E-state index in [4.69, 9.17) is 4.74 Å². The van der Waals surface area contributed by atoms with Crippen molar-refractivity contribution in [1.82, 2.24) is 5.32 Å². The maximum absolute atomic E-state index is 12.2. The van der Waals surface area contributed by atoms with Gasteiger partial charge in [-0.25, -0.2) is 4.79 Å². The lowest BCUT2D eigenvalue weighted by Crippen LogP contribution is -2.27. The number of carbonyl (C=O) groups is 2. The number of carboxylic acids is 1. The third-order valence-corrected chi connectivity index (χ3v) is 4.03. The van der Waals surface area contributed by atoms with Crippen LogP contribution in [0, 0.1) is 6.92 Å².